The van der Waals surface area contributed by atoms with Gasteiger partial charge in [0, 0.05) is 31.8 Å². The van der Waals surface area contributed by atoms with Crippen LogP contribution in [0.1, 0.15) is 40.2 Å². The van der Waals surface area contributed by atoms with E-state index in [1.54, 1.807) is 0 Å². The van der Waals surface area contributed by atoms with Crippen molar-refractivity contribution in [2.75, 3.05) is 13.1 Å². The van der Waals surface area contributed by atoms with Crippen LogP contribution in [0.5, 0.6) is 0 Å². The monoisotopic (exact) mass is 412 g/mol. The lowest BCUT2D eigenvalue weighted by Gasteiger charge is -2.32. The van der Waals surface area contributed by atoms with E-state index in [2.05, 4.69) is 47.0 Å². The number of likely N-dealkylation sites (tertiary alicyclic amines) is 1. The first kappa shape index (κ1) is 19.7. The fourth-order valence-corrected chi connectivity index (χ4v) is 4.73. The fourth-order valence-electron chi connectivity index (χ4n) is 4.73. The minimum Gasteiger partial charge on any atom is -0.460 e. The molecule has 0 radical (unpaired) electrons. The van der Waals surface area contributed by atoms with Crippen molar-refractivity contribution >= 4 is 17.0 Å². The standard InChI is InChI=1S/C27H28N2O2/c1-20-16-24-26(31-20)18-25(29(24)19-23-10-6-3-7-11-23)27(30)28-14-12-22(13-15-28)17-21-8-4-2-5-9-21/h2-11,16,18,22H,12-15,17,19H2,1H3. The molecular weight excluding hydrogens is 384 g/mol. The summed E-state index contributed by atoms with van der Waals surface area (Å²) in [6.45, 7) is 4.24. The third kappa shape index (κ3) is 4.15. The molecule has 3 heterocycles. The molecule has 0 bridgehead atoms. The van der Waals surface area contributed by atoms with Crippen LogP contribution in [-0.2, 0) is 13.0 Å². The summed E-state index contributed by atoms with van der Waals surface area (Å²) in [5, 5.41) is 0. The van der Waals surface area contributed by atoms with Gasteiger partial charge in [0.05, 0.1) is 5.52 Å². The van der Waals surface area contributed by atoms with E-state index in [0.717, 1.165) is 54.9 Å². The molecule has 1 aliphatic rings. The number of piperidine rings is 1. The van der Waals surface area contributed by atoms with Gasteiger partial charge in [-0.15, -0.1) is 0 Å². The van der Waals surface area contributed by atoms with Gasteiger partial charge in [-0.05, 0) is 43.2 Å². The molecule has 4 nitrogen and oxygen atoms in total. The molecule has 0 saturated carbocycles. The highest BCUT2D eigenvalue weighted by Gasteiger charge is 2.27. The second-order valence-corrected chi connectivity index (χ2v) is 8.63. The lowest BCUT2D eigenvalue weighted by atomic mass is 9.90. The van der Waals surface area contributed by atoms with Crippen LogP contribution in [0.3, 0.4) is 0 Å². The number of hydrogen-bond donors (Lipinski definition) is 0. The first-order valence-electron chi connectivity index (χ1n) is 11.1. The number of rotatable bonds is 5. The van der Waals surface area contributed by atoms with Crippen molar-refractivity contribution in [1.29, 1.82) is 0 Å². The molecule has 0 N–H and O–H groups in total. The number of furan rings is 1. The summed E-state index contributed by atoms with van der Waals surface area (Å²) in [6.07, 6.45) is 3.20. The van der Waals surface area contributed by atoms with Crippen LogP contribution in [0, 0.1) is 12.8 Å². The molecule has 1 aliphatic heterocycles. The number of benzene rings is 2. The summed E-state index contributed by atoms with van der Waals surface area (Å²) in [5.41, 5.74) is 5.06. The molecule has 1 amide bonds. The molecule has 2 aromatic carbocycles. The third-order valence-electron chi connectivity index (χ3n) is 6.38. The second kappa shape index (κ2) is 8.46. The Hall–Kier alpha value is -3.27. The maximum absolute atomic E-state index is 13.5. The molecule has 31 heavy (non-hydrogen) atoms. The average Bonchev–Trinajstić information content (AvgIpc) is 3.32. The molecule has 1 fully saturated rings. The maximum Gasteiger partial charge on any atom is 0.270 e. The van der Waals surface area contributed by atoms with E-state index in [9.17, 15) is 4.79 Å². The van der Waals surface area contributed by atoms with E-state index in [4.69, 9.17) is 4.42 Å². The number of nitrogens with zero attached hydrogens (tertiary/aromatic N) is 2. The van der Waals surface area contributed by atoms with Crippen molar-refractivity contribution < 1.29 is 9.21 Å². The van der Waals surface area contributed by atoms with Crippen molar-refractivity contribution in [1.82, 2.24) is 9.47 Å². The molecule has 5 rings (SSSR count). The van der Waals surface area contributed by atoms with Crippen LogP contribution in [0.15, 0.2) is 77.2 Å². The minimum atomic E-state index is 0.109. The highest BCUT2D eigenvalue weighted by Crippen LogP contribution is 2.28. The Morgan fingerprint density at radius 1 is 0.935 bits per heavy atom. The zero-order valence-corrected chi connectivity index (χ0v) is 18.0. The van der Waals surface area contributed by atoms with Gasteiger partial charge in [-0.2, -0.15) is 0 Å². The summed E-state index contributed by atoms with van der Waals surface area (Å²) in [4.78, 5) is 15.5. The maximum atomic E-state index is 13.5. The van der Waals surface area contributed by atoms with Gasteiger partial charge in [-0.25, -0.2) is 0 Å². The molecule has 0 atom stereocenters. The van der Waals surface area contributed by atoms with E-state index >= 15 is 0 Å². The predicted molar refractivity (Wildman–Crippen MR) is 123 cm³/mol. The highest BCUT2D eigenvalue weighted by molar-refractivity contribution is 5.97. The van der Waals surface area contributed by atoms with Crippen LogP contribution in [0.25, 0.3) is 11.1 Å². The van der Waals surface area contributed by atoms with Gasteiger partial charge in [0.15, 0.2) is 5.58 Å². The summed E-state index contributed by atoms with van der Waals surface area (Å²) in [6, 6.07) is 24.9. The predicted octanol–water partition coefficient (Wildman–Crippen LogP) is 5.69. The average molecular weight is 413 g/mol. The summed E-state index contributed by atoms with van der Waals surface area (Å²) < 4.78 is 7.97. The van der Waals surface area contributed by atoms with Crippen molar-refractivity contribution in [3.8, 4) is 0 Å². The Morgan fingerprint density at radius 3 is 2.26 bits per heavy atom. The minimum absolute atomic E-state index is 0.109. The second-order valence-electron chi connectivity index (χ2n) is 8.63. The fraction of sp³-hybridized carbons (Fsp3) is 0.296. The smallest absolute Gasteiger partial charge is 0.270 e. The van der Waals surface area contributed by atoms with Gasteiger partial charge in [0.25, 0.3) is 5.91 Å². The van der Waals surface area contributed by atoms with Gasteiger partial charge in [0.1, 0.15) is 11.5 Å². The Bertz CT molecular complexity index is 1170. The molecule has 0 spiro atoms. The Kier molecular flexibility index (Phi) is 5.37. The molecule has 2 aromatic heterocycles. The largest absolute Gasteiger partial charge is 0.460 e. The summed E-state index contributed by atoms with van der Waals surface area (Å²) in [7, 11) is 0. The number of carbonyl (C=O) groups excluding carboxylic acids is 1. The summed E-state index contributed by atoms with van der Waals surface area (Å²) >= 11 is 0. The summed E-state index contributed by atoms with van der Waals surface area (Å²) in [5.74, 6) is 1.62. The number of carbonyl (C=O) groups is 1. The number of amides is 1. The van der Waals surface area contributed by atoms with E-state index in [-0.39, 0.29) is 5.91 Å². The zero-order chi connectivity index (χ0) is 21.2. The van der Waals surface area contributed by atoms with Crippen LogP contribution < -0.4 is 0 Å². The molecule has 158 valence electrons. The first-order valence-corrected chi connectivity index (χ1v) is 11.1. The normalized spacial score (nSPS) is 14.9. The van der Waals surface area contributed by atoms with Crippen LogP contribution in [0.2, 0.25) is 0 Å². The SMILES string of the molecule is Cc1cc2c(cc(C(=O)N3CCC(Cc4ccccc4)CC3)n2Cc2ccccc2)o1. The number of aromatic nitrogens is 1. The van der Waals surface area contributed by atoms with E-state index in [1.165, 1.54) is 11.1 Å². The molecule has 0 unspecified atom stereocenters. The lowest BCUT2D eigenvalue weighted by molar-refractivity contribution is 0.0680. The first-order chi connectivity index (χ1) is 15.2. The zero-order valence-electron chi connectivity index (χ0n) is 18.0. The molecule has 4 heteroatoms. The Balaban J connectivity index is 1.34. The molecule has 4 aromatic rings. The van der Waals surface area contributed by atoms with Crippen molar-refractivity contribution in [2.45, 2.75) is 32.7 Å². The number of hydrogen-bond acceptors (Lipinski definition) is 2. The number of aryl methyl sites for hydroxylation is 1. The van der Waals surface area contributed by atoms with Crippen molar-refractivity contribution in [3.05, 3.63) is 95.4 Å². The molecule has 0 aliphatic carbocycles. The topological polar surface area (TPSA) is 38.4 Å². The van der Waals surface area contributed by atoms with Gasteiger partial charge < -0.3 is 13.9 Å². The van der Waals surface area contributed by atoms with Gasteiger partial charge in [0.2, 0.25) is 0 Å². The number of fused-ring (bicyclic) bond motifs is 1. The highest BCUT2D eigenvalue weighted by atomic mass is 16.3. The van der Waals surface area contributed by atoms with Gasteiger partial charge >= 0.3 is 0 Å². The molecule has 1 saturated heterocycles. The van der Waals surface area contributed by atoms with E-state index in [1.807, 2.05) is 42.2 Å². The van der Waals surface area contributed by atoms with E-state index < -0.39 is 0 Å². The van der Waals surface area contributed by atoms with Crippen molar-refractivity contribution in [3.63, 3.8) is 0 Å². The Morgan fingerprint density at radius 2 is 1.58 bits per heavy atom. The lowest BCUT2D eigenvalue weighted by Crippen LogP contribution is -2.39. The van der Waals surface area contributed by atoms with Gasteiger partial charge in [-0.1, -0.05) is 60.7 Å². The Labute approximate surface area is 183 Å². The third-order valence-corrected chi connectivity index (χ3v) is 6.38. The van der Waals surface area contributed by atoms with Crippen LogP contribution in [0.4, 0.5) is 0 Å². The van der Waals surface area contributed by atoms with Crippen molar-refractivity contribution in [2.24, 2.45) is 5.92 Å². The van der Waals surface area contributed by atoms with Crippen LogP contribution >= 0.6 is 0 Å². The van der Waals surface area contributed by atoms with Gasteiger partial charge in [-0.3, -0.25) is 4.79 Å². The quantitative estimate of drug-likeness (QED) is 0.423. The van der Waals surface area contributed by atoms with E-state index in [0.29, 0.717) is 12.5 Å². The molecular formula is C27H28N2O2. The van der Waals surface area contributed by atoms with Crippen LogP contribution in [-0.4, -0.2) is 28.5 Å².